The molecule has 0 saturated heterocycles. The summed E-state index contributed by atoms with van der Waals surface area (Å²) < 4.78 is 0. The van der Waals surface area contributed by atoms with E-state index in [2.05, 4.69) is 47.5 Å². The second-order valence-corrected chi connectivity index (χ2v) is 21.0. The highest BCUT2D eigenvalue weighted by molar-refractivity contribution is 7.98. The molecule has 0 aliphatic heterocycles. The lowest BCUT2D eigenvalue weighted by Crippen LogP contribution is -2.60. The third-order valence-electron chi connectivity index (χ3n) is 11.5. The van der Waals surface area contributed by atoms with Crippen molar-refractivity contribution in [1.29, 1.82) is 5.41 Å². The normalized spacial score (nSPS) is 14.1. The lowest BCUT2D eigenvalue weighted by atomic mass is 9.98. The summed E-state index contributed by atoms with van der Waals surface area (Å²) >= 11 is 1.43. The maximum Gasteiger partial charge on any atom is 0.243 e. The van der Waals surface area contributed by atoms with Gasteiger partial charge in [0.2, 0.25) is 47.3 Å². The van der Waals surface area contributed by atoms with E-state index in [0.717, 1.165) is 5.56 Å². The molecule has 8 amide bonds. The number of benzene rings is 1. The number of amidine groups is 1. The van der Waals surface area contributed by atoms with Gasteiger partial charge in [0, 0.05) is 25.6 Å². The Hall–Kier alpha value is -5.97. The van der Waals surface area contributed by atoms with Crippen LogP contribution in [0.1, 0.15) is 131 Å². The van der Waals surface area contributed by atoms with Crippen molar-refractivity contribution >= 4 is 70.8 Å². The minimum Gasteiger partial charge on any atom is -0.384 e. The predicted molar refractivity (Wildman–Crippen MR) is 288 cm³/mol. The van der Waals surface area contributed by atoms with Crippen molar-refractivity contribution in [3.63, 3.8) is 0 Å². The van der Waals surface area contributed by atoms with Gasteiger partial charge in [0.25, 0.3) is 0 Å². The molecule has 0 heterocycles. The zero-order valence-electron chi connectivity index (χ0n) is 44.8. The van der Waals surface area contributed by atoms with E-state index in [1.807, 2.05) is 47.8 Å². The fourth-order valence-electron chi connectivity index (χ4n) is 7.65. The standard InChI is InChI=1S/C50H88N14O8S/c1-28(2)24-38(58-32(9)65)46(69)62-40(26-30(5)6)48(71)63-39(25-29(3)4)47(70)60-37(20-23-73-10)44(67)59-36(15-13-22-56-50(54)55)45(68)64-41(31(7)8)49(72)61-35(14-11-12-21-51)43(66)57-27-33-16-18-34(19-17-33)42(52)53/h16-19,28-31,35-41H,11-15,20-27,51H2,1-10H3,(H3,52,53)(H,57,66)(H,58,65)(H,59,67)(H,60,70)(H,61,72)(H,62,69)(H,63,71)(H,64,68)(H4,54,55,56)/t35-,36-,37-,38-,39-,40-,41-/m0/s1. The first kappa shape index (κ1) is 65.0. The van der Waals surface area contributed by atoms with Crippen LogP contribution in [0.4, 0.5) is 0 Å². The van der Waals surface area contributed by atoms with Crippen LogP contribution in [0.3, 0.4) is 0 Å². The summed E-state index contributed by atoms with van der Waals surface area (Å²) in [7, 11) is 0. The molecule has 7 atom stereocenters. The summed E-state index contributed by atoms with van der Waals surface area (Å²) in [5, 5.41) is 29.9. The summed E-state index contributed by atoms with van der Waals surface area (Å²) in [6, 6.07) is -0.821. The molecule has 1 aromatic carbocycles. The van der Waals surface area contributed by atoms with E-state index < -0.39 is 95.5 Å². The number of rotatable bonds is 35. The Morgan fingerprint density at radius 2 is 0.986 bits per heavy atom. The number of nitrogens with zero attached hydrogens (tertiary/aromatic N) is 1. The van der Waals surface area contributed by atoms with Gasteiger partial charge >= 0.3 is 0 Å². The van der Waals surface area contributed by atoms with Crippen LogP contribution in [0.15, 0.2) is 29.3 Å². The molecule has 22 nitrogen and oxygen atoms in total. The first-order valence-electron chi connectivity index (χ1n) is 25.3. The first-order valence-corrected chi connectivity index (χ1v) is 26.7. The molecule has 1 aromatic rings. The van der Waals surface area contributed by atoms with Gasteiger partial charge in [-0.15, -0.1) is 0 Å². The average molecular weight is 1050 g/mol. The average Bonchev–Trinajstić information content (AvgIpc) is 3.30. The number of nitrogens with two attached hydrogens (primary N) is 4. The van der Waals surface area contributed by atoms with Crippen molar-refractivity contribution in [2.45, 2.75) is 169 Å². The number of amides is 8. The molecule has 0 spiro atoms. The predicted octanol–water partition coefficient (Wildman–Crippen LogP) is 0.730. The molecular formula is C50H88N14O8S. The van der Waals surface area contributed by atoms with E-state index in [1.54, 1.807) is 38.1 Å². The summed E-state index contributed by atoms with van der Waals surface area (Å²) in [5.41, 5.74) is 23.7. The molecule has 0 radical (unpaired) electrons. The highest BCUT2D eigenvalue weighted by atomic mass is 32.2. The van der Waals surface area contributed by atoms with E-state index in [0.29, 0.717) is 37.1 Å². The summed E-state index contributed by atoms with van der Waals surface area (Å²) in [4.78, 5) is 114. The van der Waals surface area contributed by atoms with Crippen LogP contribution in [0, 0.1) is 29.1 Å². The van der Waals surface area contributed by atoms with Crippen LogP contribution >= 0.6 is 11.8 Å². The molecule has 0 saturated carbocycles. The van der Waals surface area contributed by atoms with Crippen LogP contribution < -0.4 is 65.5 Å². The van der Waals surface area contributed by atoms with Gasteiger partial charge in [0.15, 0.2) is 5.96 Å². The Morgan fingerprint density at radius 1 is 0.562 bits per heavy atom. The number of thioether (sulfide) groups is 1. The van der Waals surface area contributed by atoms with E-state index in [9.17, 15) is 38.4 Å². The molecule has 17 N–H and O–H groups in total. The third-order valence-corrected chi connectivity index (χ3v) is 12.1. The third kappa shape index (κ3) is 26.5. The van der Waals surface area contributed by atoms with Gasteiger partial charge in [-0.3, -0.25) is 48.8 Å². The summed E-state index contributed by atoms with van der Waals surface area (Å²) in [6.45, 7) is 16.7. The van der Waals surface area contributed by atoms with Crippen molar-refractivity contribution in [3.8, 4) is 0 Å². The highest BCUT2D eigenvalue weighted by Crippen LogP contribution is 2.14. The minimum absolute atomic E-state index is 0.0243. The second kappa shape index (κ2) is 34.5. The van der Waals surface area contributed by atoms with Crippen molar-refractivity contribution in [3.05, 3.63) is 35.4 Å². The zero-order valence-corrected chi connectivity index (χ0v) is 45.6. The topological polar surface area (TPSA) is 373 Å². The monoisotopic (exact) mass is 1040 g/mol. The Labute approximate surface area is 436 Å². The van der Waals surface area contributed by atoms with E-state index >= 15 is 0 Å². The Bertz CT molecular complexity index is 1980. The molecule has 23 heteroatoms. The van der Waals surface area contributed by atoms with Crippen molar-refractivity contribution in [2.75, 3.05) is 25.1 Å². The number of nitrogens with one attached hydrogen (secondary N) is 9. The number of hydrogen-bond acceptors (Lipinski definition) is 12. The number of aliphatic imine (C=N–C) groups is 1. The molecule has 0 fully saturated rings. The summed E-state index contributed by atoms with van der Waals surface area (Å²) in [5.74, 6) is -5.08. The number of carbonyl (C=O) groups is 8. The van der Waals surface area contributed by atoms with E-state index in [4.69, 9.17) is 28.3 Å². The van der Waals surface area contributed by atoms with Crippen LogP contribution in [-0.2, 0) is 44.9 Å². The Morgan fingerprint density at radius 3 is 1.42 bits per heavy atom. The molecule has 0 bridgehead atoms. The largest absolute Gasteiger partial charge is 0.384 e. The first-order chi connectivity index (χ1) is 34.3. The number of unbranched alkanes of at least 4 members (excludes halogenated alkanes) is 1. The lowest BCUT2D eigenvalue weighted by Gasteiger charge is -2.29. The number of nitrogen functional groups attached to an aromatic ring is 1. The molecule has 0 aliphatic rings. The summed E-state index contributed by atoms with van der Waals surface area (Å²) in [6.07, 6.45) is 4.37. The van der Waals surface area contributed by atoms with Gasteiger partial charge in [-0.05, 0) is 106 Å². The van der Waals surface area contributed by atoms with Gasteiger partial charge in [-0.1, -0.05) is 79.7 Å². The molecule has 0 aromatic heterocycles. The molecule has 0 unspecified atom stereocenters. The van der Waals surface area contributed by atoms with Crippen molar-refractivity contribution in [1.82, 2.24) is 42.5 Å². The van der Waals surface area contributed by atoms with E-state index in [-0.39, 0.29) is 81.2 Å². The van der Waals surface area contributed by atoms with Gasteiger partial charge in [-0.2, -0.15) is 11.8 Å². The smallest absolute Gasteiger partial charge is 0.243 e. The van der Waals surface area contributed by atoms with Gasteiger partial charge in [-0.25, -0.2) is 0 Å². The van der Waals surface area contributed by atoms with E-state index in [1.165, 1.54) is 18.7 Å². The van der Waals surface area contributed by atoms with Crippen LogP contribution in [0.2, 0.25) is 0 Å². The van der Waals surface area contributed by atoms with Crippen LogP contribution in [0.25, 0.3) is 0 Å². The van der Waals surface area contributed by atoms with Crippen molar-refractivity contribution in [2.24, 2.45) is 51.6 Å². The fourth-order valence-corrected chi connectivity index (χ4v) is 8.12. The molecule has 73 heavy (non-hydrogen) atoms. The molecule has 0 aliphatic carbocycles. The number of carbonyl (C=O) groups excluding carboxylic acids is 8. The number of hydrogen-bond donors (Lipinski definition) is 13. The van der Waals surface area contributed by atoms with Gasteiger partial charge < -0.3 is 65.5 Å². The molecule has 1 rings (SSSR count). The van der Waals surface area contributed by atoms with Crippen LogP contribution in [-0.4, -0.2) is 126 Å². The molecule has 412 valence electrons. The van der Waals surface area contributed by atoms with Gasteiger partial charge in [0.1, 0.15) is 48.1 Å². The number of guanidine groups is 1. The lowest BCUT2D eigenvalue weighted by molar-refractivity contribution is -0.136. The minimum atomic E-state index is -1.24. The zero-order chi connectivity index (χ0) is 55.4. The van der Waals surface area contributed by atoms with Crippen molar-refractivity contribution < 1.29 is 38.4 Å². The second-order valence-electron chi connectivity index (χ2n) is 20.0. The maximum absolute atomic E-state index is 14.3. The molecular weight excluding hydrogens is 957 g/mol. The van der Waals surface area contributed by atoms with Gasteiger partial charge in [0.05, 0.1) is 0 Å². The maximum atomic E-state index is 14.3. The quantitative estimate of drug-likeness (QED) is 0.0254. The Kier molecular flexibility index (Phi) is 30.7. The fraction of sp³-hybridized carbons (Fsp3) is 0.680. The highest BCUT2D eigenvalue weighted by Gasteiger charge is 2.35. The Balaban J connectivity index is 3.45. The SMILES string of the molecule is CSCC[C@H](NC(=O)[C@H](CC(C)C)NC(=O)[C@H](CC(C)C)NC(=O)[C@H](CC(C)C)NC(C)=O)C(=O)N[C@@H](CCCN=C(N)N)C(=O)N[C@H](C(=O)N[C@@H](CCCCN)C(=O)NCc1ccc(C(=N)N)cc1)C(C)C. The van der Waals surface area contributed by atoms with Crippen LogP contribution in [0.5, 0.6) is 0 Å².